The van der Waals surface area contributed by atoms with Crippen LogP contribution in [0.2, 0.25) is 5.02 Å². The maximum Gasteiger partial charge on any atom is 0.265 e. The highest BCUT2D eigenvalue weighted by molar-refractivity contribution is 7.89. The Hall–Kier alpha value is -2.82. The molecule has 2 aliphatic rings. The van der Waals surface area contributed by atoms with E-state index in [0.29, 0.717) is 35.3 Å². The Morgan fingerprint density at radius 2 is 1.94 bits per heavy atom. The molecule has 0 unspecified atom stereocenters. The molecular formula is C21H22ClN3O6S. The number of amides is 2. The Labute approximate surface area is 190 Å². The zero-order valence-electron chi connectivity index (χ0n) is 17.3. The lowest BCUT2D eigenvalue weighted by Crippen LogP contribution is -2.43. The van der Waals surface area contributed by atoms with Crippen LogP contribution in [0.15, 0.2) is 41.3 Å². The predicted octanol–water partition coefficient (Wildman–Crippen LogP) is 2.50. The van der Waals surface area contributed by atoms with E-state index in [9.17, 15) is 18.0 Å². The van der Waals surface area contributed by atoms with Crippen LogP contribution in [0.25, 0.3) is 0 Å². The molecule has 2 aromatic rings. The fourth-order valence-corrected chi connectivity index (χ4v) is 5.48. The fraction of sp³-hybridized carbons (Fsp3) is 0.333. The van der Waals surface area contributed by atoms with Gasteiger partial charge in [0.25, 0.3) is 5.91 Å². The van der Waals surface area contributed by atoms with Crippen LogP contribution < -0.4 is 19.7 Å². The quantitative estimate of drug-likeness (QED) is 0.682. The van der Waals surface area contributed by atoms with Crippen LogP contribution in [0.1, 0.15) is 12.8 Å². The van der Waals surface area contributed by atoms with E-state index in [1.807, 2.05) is 0 Å². The van der Waals surface area contributed by atoms with Gasteiger partial charge in [0.05, 0.1) is 22.7 Å². The summed E-state index contributed by atoms with van der Waals surface area (Å²) < 4.78 is 37.8. The van der Waals surface area contributed by atoms with Crippen molar-refractivity contribution in [3.05, 3.63) is 41.4 Å². The molecule has 2 amide bonds. The number of carbonyl (C=O) groups is 2. The molecule has 0 aromatic heterocycles. The second-order valence-electron chi connectivity index (χ2n) is 7.41. The van der Waals surface area contributed by atoms with Crippen molar-refractivity contribution in [3.8, 4) is 11.5 Å². The third-order valence-corrected chi connectivity index (χ3v) is 7.50. The standard InChI is InChI=1S/C21H22ClN3O6S/c1-30-18-6-4-14(10-16(18)22)23-20(26)12-25-17-11-15(5-7-19(17)31-13-21(25)27)32(28,29)24-8-2-3-9-24/h4-7,10-11H,2-3,8-9,12-13H2,1H3,(H,23,26). The van der Waals surface area contributed by atoms with E-state index in [0.717, 1.165) is 12.8 Å². The average molecular weight is 480 g/mol. The second-order valence-corrected chi connectivity index (χ2v) is 9.75. The van der Waals surface area contributed by atoms with Crippen molar-refractivity contribution >= 4 is 44.8 Å². The summed E-state index contributed by atoms with van der Waals surface area (Å²) in [6, 6.07) is 9.13. The summed E-state index contributed by atoms with van der Waals surface area (Å²) in [5, 5.41) is 3.01. The highest BCUT2D eigenvalue weighted by Crippen LogP contribution is 2.35. The summed E-state index contributed by atoms with van der Waals surface area (Å²) in [5.74, 6) is -0.115. The smallest absolute Gasteiger partial charge is 0.265 e. The van der Waals surface area contributed by atoms with Crippen LogP contribution in [-0.2, 0) is 19.6 Å². The monoisotopic (exact) mass is 479 g/mol. The molecule has 170 valence electrons. The summed E-state index contributed by atoms with van der Waals surface area (Å²) in [5.41, 5.74) is 0.677. The van der Waals surface area contributed by atoms with Gasteiger partial charge in [-0.25, -0.2) is 8.42 Å². The minimum Gasteiger partial charge on any atom is -0.495 e. The Bertz CT molecular complexity index is 1160. The van der Waals surface area contributed by atoms with Crippen LogP contribution in [0.3, 0.4) is 0 Å². The summed E-state index contributed by atoms with van der Waals surface area (Å²) in [6.07, 6.45) is 1.63. The molecule has 0 spiro atoms. The molecule has 9 nitrogen and oxygen atoms in total. The van der Waals surface area contributed by atoms with Crippen molar-refractivity contribution in [1.29, 1.82) is 0 Å². The van der Waals surface area contributed by atoms with E-state index >= 15 is 0 Å². The van der Waals surface area contributed by atoms with Crippen LogP contribution in [0.5, 0.6) is 11.5 Å². The van der Waals surface area contributed by atoms with E-state index in [1.54, 1.807) is 12.1 Å². The Morgan fingerprint density at radius 3 is 2.62 bits per heavy atom. The lowest BCUT2D eigenvalue weighted by molar-refractivity contribution is -0.123. The number of fused-ring (bicyclic) bond motifs is 1. The number of sulfonamides is 1. The normalized spacial score (nSPS) is 16.4. The first-order valence-electron chi connectivity index (χ1n) is 10.0. The largest absolute Gasteiger partial charge is 0.495 e. The number of ether oxygens (including phenoxy) is 2. The molecule has 0 aliphatic carbocycles. The minimum absolute atomic E-state index is 0.0591. The first-order valence-corrected chi connectivity index (χ1v) is 11.8. The summed E-state index contributed by atoms with van der Waals surface area (Å²) in [7, 11) is -2.20. The number of nitrogens with zero attached hydrogens (tertiary/aromatic N) is 2. The number of anilines is 2. The first-order chi connectivity index (χ1) is 15.3. The van der Waals surface area contributed by atoms with Crippen molar-refractivity contribution in [3.63, 3.8) is 0 Å². The van der Waals surface area contributed by atoms with Crippen LogP contribution in [0.4, 0.5) is 11.4 Å². The van der Waals surface area contributed by atoms with Crippen LogP contribution >= 0.6 is 11.6 Å². The molecule has 2 aromatic carbocycles. The Kier molecular flexibility index (Phi) is 6.27. The number of hydrogen-bond donors (Lipinski definition) is 1. The maximum absolute atomic E-state index is 12.9. The van der Waals surface area contributed by atoms with Crippen LogP contribution in [-0.4, -0.2) is 57.9 Å². The Morgan fingerprint density at radius 1 is 1.19 bits per heavy atom. The van der Waals surface area contributed by atoms with Gasteiger partial charge < -0.3 is 14.8 Å². The van der Waals surface area contributed by atoms with E-state index in [2.05, 4.69) is 5.32 Å². The lowest BCUT2D eigenvalue weighted by atomic mass is 10.2. The third-order valence-electron chi connectivity index (χ3n) is 5.31. The van der Waals surface area contributed by atoms with Gasteiger partial charge in [-0.15, -0.1) is 0 Å². The van der Waals surface area contributed by atoms with Gasteiger partial charge in [-0.05, 0) is 49.2 Å². The molecule has 0 radical (unpaired) electrons. The van der Waals surface area contributed by atoms with Crippen molar-refractivity contribution < 1.29 is 27.5 Å². The topological polar surface area (TPSA) is 105 Å². The van der Waals surface area contributed by atoms with Gasteiger partial charge in [0.15, 0.2) is 6.61 Å². The number of rotatable bonds is 6. The van der Waals surface area contributed by atoms with Crippen molar-refractivity contribution in [2.24, 2.45) is 0 Å². The molecule has 2 heterocycles. The first kappa shape index (κ1) is 22.4. The zero-order valence-corrected chi connectivity index (χ0v) is 18.9. The molecule has 0 bridgehead atoms. The maximum atomic E-state index is 12.9. The molecule has 0 saturated carbocycles. The van der Waals surface area contributed by atoms with E-state index in [1.165, 1.54) is 40.6 Å². The number of halogens is 1. The number of hydrogen-bond acceptors (Lipinski definition) is 6. The van der Waals surface area contributed by atoms with Gasteiger partial charge in [-0.2, -0.15) is 4.31 Å². The van der Waals surface area contributed by atoms with Gasteiger partial charge in [0, 0.05) is 18.8 Å². The van der Waals surface area contributed by atoms with Gasteiger partial charge in [0.1, 0.15) is 18.0 Å². The van der Waals surface area contributed by atoms with Crippen molar-refractivity contribution in [2.45, 2.75) is 17.7 Å². The molecule has 1 saturated heterocycles. The van der Waals surface area contributed by atoms with Gasteiger partial charge >= 0.3 is 0 Å². The number of carbonyl (C=O) groups excluding carboxylic acids is 2. The molecule has 32 heavy (non-hydrogen) atoms. The average Bonchev–Trinajstić information content (AvgIpc) is 3.31. The van der Waals surface area contributed by atoms with Crippen LogP contribution in [0, 0.1) is 0 Å². The summed E-state index contributed by atoms with van der Waals surface area (Å²) >= 11 is 6.09. The van der Waals surface area contributed by atoms with Crippen molar-refractivity contribution in [1.82, 2.24) is 4.31 Å². The second kappa shape index (κ2) is 8.97. The Balaban J connectivity index is 1.57. The number of benzene rings is 2. The summed E-state index contributed by atoms with van der Waals surface area (Å²) in [6.45, 7) is 0.371. The molecule has 0 atom stereocenters. The number of methoxy groups -OCH3 is 1. The predicted molar refractivity (Wildman–Crippen MR) is 119 cm³/mol. The highest BCUT2D eigenvalue weighted by atomic mass is 35.5. The van der Waals surface area contributed by atoms with Gasteiger partial charge in [-0.3, -0.25) is 14.5 Å². The van der Waals surface area contributed by atoms with Crippen molar-refractivity contribution in [2.75, 3.05) is 43.6 Å². The molecular weight excluding hydrogens is 458 g/mol. The molecule has 2 aliphatic heterocycles. The highest BCUT2D eigenvalue weighted by Gasteiger charge is 2.32. The van der Waals surface area contributed by atoms with Gasteiger partial charge in [0.2, 0.25) is 15.9 Å². The minimum atomic E-state index is -3.69. The molecule has 11 heteroatoms. The third kappa shape index (κ3) is 4.38. The van der Waals surface area contributed by atoms with E-state index in [4.69, 9.17) is 21.1 Å². The number of nitrogens with one attached hydrogen (secondary N) is 1. The van der Waals surface area contributed by atoms with E-state index in [-0.39, 0.29) is 23.7 Å². The van der Waals surface area contributed by atoms with E-state index < -0.39 is 21.8 Å². The summed E-state index contributed by atoms with van der Waals surface area (Å²) in [4.78, 5) is 26.5. The lowest BCUT2D eigenvalue weighted by Gasteiger charge is -2.29. The molecule has 1 fully saturated rings. The molecule has 1 N–H and O–H groups in total. The zero-order chi connectivity index (χ0) is 22.9. The SMILES string of the molecule is COc1ccc(NC(=O)CN2C(=O)COc3ccc(S(=O)(=O)N4CCCC4)cc32)cc1Cl. The van der Waals surface area contributed by atoms with Gasteiger partial charge in [-0.1, -0.05) is 11.6 Å². The molecule has 4 rings (SSSR count). The fourth-order valence-electron chi connectivity index (χ4n) is 3.68.